The molecule has 3 radical (unpaired) electrons. The fourth-order valence-electron chi connectivity index (χ4n) is 1.00. The van der Waals surface area contributed by atoms with E-state index in [1.807, 2.05) is 18.2 Å². The van der Waals surface area contributed by atoms with Gasteiger partial charge in [0, 0.05) is 10.2 Å². The van der Waals surface area contributed by atoms with Crippen molar-refractivity contribution in [2.24, 2.45) is 0 Å². The summed E-state index contributed by atoms with van der Waals surface area (Å²) < 4.78 is 0. The first-order valence-corrected chi connectivity index (χ1v) is 4.47. The predicted molar refractivity (Wildman–Crippen MR) is 47.0 cm³/mol. The third kappa shape index (κ3) is 2.39. The molecule has 0 atom stereocenters. The van der Waals surface area contributed by atoms with Crippen LogP contribution in [0.5, 0.6) is 5.75 Å². The van der Waals surface area contributed by atoms with Gasteiger partial charge in [-0.15, -0.1) is 0 Å². The SMILES string of the molecule is Oc1ccccc1CCC[Si]. The van der Waals surface area contributed by atoms with Crippen LogP contribution in [0.3, 0.4) is 0 Å². The van der Waals surface area contributed by atoms with E-state index in [0.29, 0.717) is 5.75 Å². The molecule has 1 aromatic carbocycles. The summed E-state index contributed by atoms with van der Waals surface area (Å²) in [4.78, 5) is 0. The zero-order valence-electron chi connectivity index (χ0n) is 6.38. The van der Waals surface area contributed by atoms with Crippen LogP contribution in [-0.2, 0) is 6.42 Å². The molecule has 0 aliphatic rings. The number of phenols is 1. The predicted octanol–water partition coefficient (Wildman–Crippen LogP) is 1.91. The van der Waals surface area contributed by atoms with E-state index in [9.17, 15) is 5.11 Å². The van der Waals surface area contributed by atoms with Gasteiger partial charge in [0.05, 0.1) is 0 Å². The molecule has 0 heterocycles. The standard InChI is InChI=1S/C9H11OSi/c10-9-6-2-1-4-8(9)5-3-7-11/h1-2,4,6,10H,3,5,7H2. The van der Waals surface area contributed by atoms with E-state index in [2.05, 4.69) is 10.2 Å². The lowest BCUT2D eigenvalue weighted by Gasteiger charge is -2.01. The summed E-state index contributed by atoms with van der Waals surface area (Å²) >= 11 is 0. The van der Waals surface area contributed by atoms with Gasteiger partial charge in [0.1, 0.15) is 5.75 Å². The van der Waals surface area contributed by atoms with Gasteiger partial charge < -0.3 is 5.11 Å². The minimum atomic E-state index is 0.410. The molecule has 0 unspecified atom stereocenters. The summed E-state index contributed by atoms with van der Waals surface area (Å²) in [6.45, 7) is 0. The van der Waals surface area contributed by atoms with Gasteiger partial charge >= 0.3 is 0 Å². The second kappa shape index (κ2) is 4.19. The number of rotatable bonds is 3. The Kier molecular flexibility index (Phi) is 3.17. The molecule has 0 saturated heterocycles. The maximum atomic E-state index is 9.32. The highest BCUT2D eigenvalue weighted by molar-refractivity contribution is 6.08. The van der Waals surface area contributed by atoms with Gasteiger partial charge in [-0.2, -0.15) is 0 Å². The monoisotopic (exact) mass is 163 g/mol. The number of benzene rings is 1. The molecule has 11 heavy (non-hydrogen) atoms. The number of hydrogen-bond donors (Lipinski definition) is 1. The normalized spacial score (nSPS) is 9.91. The topological polar surface area (TPSA) is 20.2 Å². The first-order valence-electron chi connectivity index (χ1n) is 3.76. The molecule has 0 bridgehead atoms. The Morgan fingerprint density at radius 1 is 1.27 bits per heavy atom. The fraction of sp³-hybridized carbons (Fsp3) is 0.333. The lowest BCUT2D eigenvalue weighted by atomic mass is 10.1. The first-order chi connectivity index (χ1) is 5.34. The van der Waals surface area contributed by atoms with Crippen molar-refractivity contribution >= 4 is 10.2 Å². The molecule has 0 fully saturated rings. The zero-order chi connectivity index (χ0) is 8.10. The van der Waals surface area contributed by atoms with Crippen molar-refractivity contribution in [3.8, 4) is 5.75 Å². The van der Waals surface area contributed by atoms with Crippen molar-refractivity contribution in [3.63, 3.8) is 0 Å². The van der Waals surface area contributed by atoms with Gasteiger partial charge in [-0.25, -0.2) is 0 Å². The molecule has 0 aliphatic heterocycles. The van der Waals surface area contributed by atoms with Gasteiger partial charge in [0.2, 0.25) is 0 Å². The minimum absolute atomic E-state index is 0.410. The van der Waals surface area contributed by atoms with Crippen molar-refractivity contribution in [2.45, 2.75) is 18.9 Å². The number of aromatic hydroxyl groups is 1. The zero-order valence-corrected chi connectivity index (χ0v) is 7.38. The Bertz CT molecular complexity index is 223. The van der Waals surface area contributed by atoms with Crippen LogP contribution in [-0.4, -0.2) is 15.3 Å². The van der Waals surface area contributed by atoms with Gasteiger partial charge in [-0.3, -0.25) is 0 Å². The van der Waals surface area contributed by atoms with Gasteiger partial charge in [-0.05, 0) is 18.1 Å². The molecule has 0 spiro atoms. The average molecular weight is 163 g/mol. The van der Waals surface area contributed by atoms with E-state index < -0.39 is 0 Å². The molecule has 0 aromatic heterocycles. The Hall–Kier alpha value is -0.763. The highest BCUT2D eigenvalue weighted by Crippen LogP contribution is 2.17. The lowest BCUT2D eigenvalue weighted by molar-refractivity contribution is 0.467. The molecule has 0 amide bonds. The second-order valence-corrected chi connectivity index (χ2v) is 2.98. The molecule has 0 saturated carbocycles. The second-order valence-electron chi connectivity index (χ2n) is 2.48. The maximum absolute atomic E-state index is 9.32. The van der Waals surface area contributed by atoms with Crippen LogP contribution >= 0.6 is 0 Å². The number of hydrogen-bond acceptors (Lipinski definition) is 1. The maximum Gasteiger partial charge on any atom is 0.118 e. The van der Waals surface area contributed by atoms with E-state index in [0.717, 1.165) is 24.4 Å². The van der Waals surface area contributed by atoms with Crippen molar-refractivity contribution in [1.82, 2.24) is 0 Å². The highest BCUT2D eigenvalue weighted by Gasteiger charge is 1.96. The van der Waals surface area contributed by atoms with Gasteiger partial charge in [0.25, 0.3) is 0 Å². The summed E-state index contributed by atoms with van der Waals surface area (Å²) in [6, 6.07) is 8.45. The van der Waals surface area contributed by atoms with Crippen molar-refractivity contribution in [1.29, 1.82) is 0 Å². The molecule has 1 rings (SSSR count). The molecule has 57 valence electrons. The van der Waals surface area contributed by atoms with Crippen molar-refractivity contribution in [2.75, 3.05) is 0 Å². The van der Waals surface area contributed by atoms with Crippen LogP contribution in [0.25, 0.3) is 0 Å². The quantitative estimate of drug-likeness (QED) is 0.675. The third-order valence-corrected chi connectivity index (χ3v) is 1.97. The molecule has 2 heteroatoms. The van der Waals surface area contributed by atoms with E-state index in [4.69, 9.17) is 0 Å². The summed E-state index contributed by atoms with van der Waals surface area (Å²) in [7, 11) is 3.39. The van der Waals surface area contributed by atoms with E-state index in [1.165, 1.54) is 0 Å². The van der Waals surface area contributed by atoms with Gasteiger partial charge in [0.15, 0.2) is 0 Å². The van der Waals surface area contributed by atoms with E-state index >= 15 is 0 Å². The largest absolute Gasteiger partial charge is 0.508 e. The summed E-state index contributed by atoms with van der Waals surface area (Å²) in [5.74, 6) is 0.410. The molecule has 1 nitrogen and oxygen atoms in total. The van der Waals surface area contributed by atoms with Crippen LogP contribution in [0, 0.1) is 0 Å². The van der Waals surface area contributed by atoms with Crippen LogP contribution < -0.4 is 0 Å². The average Bonchev–Trinajstić information content (AvgIpc) is 2.03. The Morgan fingerprint density at radius 3 is 2.64 bits per heavy atom. The minimum Gasteiger partial charge on any atom is -0.508 e. The van der Waals surface area contributed by atoms with Crippen LogP contribution in [0.1, 0.15) is 12.0 Å². The summed E-state index contributed by atoms with van der Waals surface area (Å²) in [5, 5.41) is 9.32. The lowest BCUT2D eigenvalue weighted by Crippen LogP contribution is -1.84. The Balaban J connectivity index is 2.62. The van der Waals surface area contributed by atoms with Crippen LogP contribution in [0.2, 0.25) is 6.04 Å². The van der Waals surface area contributed by atoms with E-state index in [-0.39, 0.29) is 0 Å². The highest BCUT2D eigenvalue weighted by atomic mass is 28.1. The van der Waals surface area contributed by atoms with Crippen molar-refractivity contribution < 1.29 is 5.11 Å². The Morgan fingerprint density at radius 2 is 2.00 bits per heavy atom. The summed E-state index contributed by atoms with van der Waals surface area (Å²) in [6.07, 6.45) is 2.00. The van der Waals surface area contributed by atoms with E-state index in [1.54, 1.807) is 6.07 Å². The molecule has 0 aliphatic carbocycles. The number of para-hydroxylation sites is 1. The smallest absolute Gasteiger partial charge is 0.118 e. The fourth-order valence-corrected chi connectivity index (χ4v) is 1.18. The van der Waals surface area contributed by atoms with Crippen LogP contribution in [0.4, 0.5) is 0 Å². The molecular weight excluding hydrogens is 152 g/mol. The number of aryl methyl sites for hydroxylation is 1. The van der Waals surface area contributed by atoms with Crippen LogP contribution in [0.15, 0.2) is 24.3 Å². The first kappa shape index (κ1) is 8.33. The Labute approximate surface area is 70.5 Å². The third-order valence-electron chi connectivity index (χ3n) is 1.61. The summed E-state index contributed by atoms with van der Waals surface area (Å²) in [5.41, 5.74) is 1.03. The number of phenolic OH excluding ortho intramolecular Hbond substituents is 1. The molecule has 1 N–H and O–H groups in total. The molecular formula is C9H11OSi. The van der Waals surface area contributed by atoms with Gasteiger partial charge in [-0.1, -0.05) is 30.7 Å². The van der Waals surface area contributed by atoms with Crippen molar-refractivity contribution in [3.05, 3.63) is 29.8 Å². The molecule has 1 aromatic rings.